The Labute approximate surface area is 129 Å². The molecule has 9 heteroatoms. The molecule has 0 aliphatic carbocycles. The highest BCUT2D eigenvalue weighted by Gasteiger charge is 2.36. The highest BCUT2D eigenvalue weighted by atomic mass is 35.5. The third kappa shape index (κ3) is 3.18. The van der Waals surface area contributed by atoms with Gasteiger partial charge in [-0.2, -0.15) is 4.31 Å². The Morgan fingerprint density at radius 2 is 2.00 bits per heavy atom. The van der Waals surface area contributed by atoms with Crippen LogP contribution in [0.1, 0.15) is 12.0 Å². The van der Waals surface area contributed by atoms with Crippen LogP contribution in [0.4, 0.5) is 5.69 Å². The minimum Gasteiger partial charge on any atom is -0.398 e. The summed E-state index contributed by atoms with van der Waals surface area (Å²) in [5.41, 5.74) is 6.65. The molecule has 0 spiro atoms. The zero-order valence-electron chi connectivity index (χ0n) is 11.7. The van der Waals surface area contributed by atoms with E-state index in [0.717, 1.165) is 4.31 Å². The van der Waals surface area contributed by atoms with Crippen LogP contribution in [0.3, 0.4) is 0 Å². The Bertz CT molecular complexity index is 751. The fourth-order valence-electron chi connectivity index (χ4n) is 2.25. The average Bonchev–Trinajstić information content (AvgIpc) is 2.74. The van der Waals surface area contributed by atoms with Gasteiger partial charge in [0.05, 0.1) is 16.4 Å². The van der Waals surface area contributed by atoms with Crippen LogP contribution in [0.15, 0.2) is 17.0 Å². The van der Waals surface area contributed by atoms with E-state index >= 15 is 0 Å². The van der Waals surface area contributed by atoms with Gasteiger partial charge in [-0.3, -0.25) is 0 Å². The maximum Gasteiger partial charge on any atom is 0.243 e. The van der Waals surface area contributed by atoms with Gasteiger partial charge in [0.1, 0.15) is 0 Å². The number of nitrogens with zero attached hydrogens (tertiary/aromatic N) is 1. The normalized spacial score (nSPS) is 21.8. The minimum absolute atomic E-state index is 0.00825. The molecule has 0 saturated carbocycles. The predicted molar refractivity (Wildman–Crippen MR) is 82.6 cm³/mol. The molecule has 1 unspecified atom stereocenters. The van der Waals surface area contributed by atoms with Crippen molar-refractivity contribution < 1.29 is 16.8 Å². The molecular weight excluding hydrogens is 336 g/mol. The highest BCUT2D eigenvalue weighted by Crippen LogP contribution is 2.29. The Hall–Kier alpha value is -0.830. The molecule has 1 heterocycles. The Balaban J connectivity index is 2.38. The number of sulfone groups is 1. The lowest BCUT2D eigenvalue weighted by Crippen LogP contribution is -2.37. The van der Waals surface area contributed by atoms with Gasteiger partial charge in [-0.05, 0) is 31.0 Å². The Morgan fingerprint density at radius 3 is 2.48 bits per heavy atom. The molecule has 2 rings (SSSR count). The molecule has 1 aliphatic heterocycles. The lowest BCUT2D eigenvalue weighted by atomic mass is 10.2. The number of benzene rings is 1. The smallest absolute Gasteiger partial charge is 0.243 e. The zero-order chi connectivity index (χ0) is 16.0. The van der Waals surface area contributed by atoms with Gasteiger partial charge in [0, 0.05) is 23.8 Å². The van der Waals surface area contributed by atoms with Crippen molar-refractivity contribution in [3.63, 3.8) is 0 Å². The maximum absolute atomic E-state index is 12.6. The van der Waals surface area contributed by atoms with Crippen molar-refractivity contribution in [1.29, 1.82) is 0 Å². The topological polar surface area (TPSA) is 97.5 Å². The number of hydrogen-bond donors (Lipinski definition) is 1. The average molecular weight is 353 g/mol. The Kier molecular flexibility index (Phi) is 4.27. The number of hydrogen-bond acceptors (Lipinski definition) is 5. The second kappa shape index (κ2) is 5.42. The third-order valence-electron chi connectivity index (χ3n) is 3.76. The van der Waals surface area contributed by atoms with Gasteiger partial charge >= 0.3 is 0 Å². The number of anilines is 1. The van der Waals surface area contributed by atoms with Gasteiger partial charge in [0.2, 0.25) is 10.0 Å². The van der Waals surface area contributed by atoms with Crippen molar-refractivity contribution in [1.82, 2.24) is 4.31 Å². The number of sulfonamides is 1. The van der Waals surface area contributed by atoms with Crippen LogP contribution in [0.2, 0.25) is 5.02 Å². The summed E-state index contributed by atoms with van der Waals surface area (Å²) < 4.78 is 49.2. The molecule has 1 aromatic rings. The molecule has 1 aromatic carbocycles. The van der Waals surface area contributed by atoms with E-state index in [0.29, 0.717) is 12.0 Å². The minimum atomic E-state index is -3.83. The van der Waals surface area contributed by atoms with Gasteiger partial charge in [0.25, 0.3) is 0 Å². The van der Waals surface area contributed by atoms with Crippen LogP contribution in [-0.2, 0) is 19.9 Å². The second-order valence-electron chi connectivity index (χ2n) is 5.20. The quantitative estimate of drug-likeness (QED) is 0.819. The monoisotopic (exact) mass is 352 g/mol. The van der Waals surface area contributed by atoms with Crippen LogP contribution < -0.4 is 5.73 Å². The van der Waals surface area contributed by atoms with E-state index in [4.69, 9.17) is 17.3 Å². The van der Waals surface area contributed by atoms with Crippen LogP contribution in [-0.4, -0.2) is 45.7 Å². The summed E-state index contributed by atoms with van der Waals surface area (Å²) in [6, 6.07) is 2.13. The lowest BCUT2D eigenvalue weighted by Gasteiger charge is -2.23. The lowest BCUT2D eigenvalue weighted by molar-refractivity contribution is 0.394. The van der Waals surface area contributed by atoms with E-state index in [2.05, 4.69) is 0 Å². The molecule has 1 aliphatic rings. The first kappa shape index (κ1) is 16.5. The zero-order valence-corrected chi connectivity index (χ0v) is 14.1. The van der Waals surface area contributed by atoms with Crippen LogP contribution in [0, 0.1) is 6.92 Å². The van der Waals surface area contributed by atoms with Crippen molar-refractivity contribution in [2.45, 2.75) is 24.3 Å². The van der Waals surface area contributed by atoms with Crippen LogP contribution in [0.25, 0.3) is 0 Å². The first-order valence-corrected chi connectivity index (χ1v) is 9.92. The van der Waals surface area contributed by atoms with Crippen LogP contribution >= 0.6 is 11.6 Å². The van der Waals surface area contributed by atoms with Gasteiger partial charge in [-0.25, -0.2) is 16.8 Å². The molecular formula is C12H17ClN2O4S2. The highest BCUT2D eigenvalue weighted by molar-refractivity contribution is 7.92. The third-order valence-corrected chi connectivity index (χ3v) is 7.79. The van der Waals surface area contributed by atoms with E-state index in [1.165, 1.54) is 19.2 Å². The van der Waals surface area contributed by atoms with Crippen molar-refractivity contribution in [2.24, 2.45) is 0 Å². The summed E-state index contributed by atoms with van der Waals surface area (Å²) in [6.45, 7) is 1.70. The molecule has 0 radical (unpaired) electrons. The van der Waals surface area contributed by atoms with E-state index < -0.39 is 25.9 Å². The fraction of sp³-hybridized carbons (Fsp3) is 0.500. The molecule has 0 aromatic heterocycles. The van der Waals surface area contributed by atoms with Crippen LogP contribution in [0.5, 0.6) is 0 Å². The van der Waals surface area contributed by atoms with E-state index in [9.17, 15) is 16.8 Å². The maximum atomic E-state index is 12.6. The van der Waals surface area contributed by atoms with Gasteiger partial charge in [-0.1, -0.05) is 11.6 Å². The number of nitrogens with two attached hydrogens (primary N) is 1. The SMILES string of the molecule is Cc1c(N)cc(S(=O)(=O)N(C)C2CCS(=O)(=O)C2)cc1Cl. The predicted octanol–water partition coefficient (Wildman–Crippen LogP) is 1.04. The summed E-state index contributed by atoms with van der Waals surface area (Å²) in [6.07, 6.45) is 0.299. The van der Waals surface area contributed by atoms with E-state index in [-0.39, 0.29) is 27.1 Å². The van der Waals surface area contributed by atoms with Crippen molar-refractivity contribution in [2.75, 3.05) is 24.3 Å². The van der Waals surface area contributed by atoms with Gasteiger partial charge in [0.15, 0.2) is 9.84 Å². The summed E-state index contributed by atoms with van der Waals surface area (Å²) >= 11 is 5.98. The first-order chi connectivity index (χ1) is 9.54. The summed E-state index contributed by atoms with van der Waals surface area (Å²) in [5.74, 6) is -0.147. The molecule has 21 heavy (non-hydrogen) atoms. The van der Waals surface area contributed by atoms with E-state index in [1.54, 1.807) is 6.92 Å². The van der Waals surface area contributed by atoms with E-state index in [1.807, 2.05) is 0 Å². The standard InChI is InChI=1S/C12H17ClN2O4S2/c1-8-11(13)5-10(6-12(8)14)21(18,19)15(2)9-3-4-20(16,17)7-9/h5-6,9H,3-4,7,14H2,1-2H3. The Morgan fingerprint density at radius 1 is 1.38 bits per heavy atom. The number of halogens is 1. The molecule has 0 amide bonds. The number of rotatable bonds is 3. The molecule has 1 fully saturated rings. The first-order valence-electron chi connectivity index (χ1n) is 6.28. The molecule has 118 valence electrons. The van der Waals surface area contributed by atoms with Crippen molar-refractivity contribution in [3.05, 3.63) is 22.7 Å². The molecule has 6 nitrogen and oxygen atoms in total. The summed E-state index contributed by atoms with van der Waals surface area (Å²) in [7, 11) is -5.61. The van der Waals surface area contributed by atoms with Gasteiger partial charge in [-0.15, -0.1) is 0 Å². The molecule has 1 atom stereocenters. The number of nitrogen functional groups attached to an aromatic ring is 1. The molecule has 1 saturated heterocycles. The molecule has 0 bridgehead atoms. The van der Waals surface area contributed by atoms with Gasteiger partial charge < -0.3 is 5.73 Å². The fourth-order valence-corrected chi connectivity index (χ4v) is 5.86. The van der Waals surface area contributed by atoms with Crippen molar-refractivity contribution >= 4 is 37.1 Å². The van der Waals surface area contributed by atoms with Crippen molar-refractivity contribution in [3.8, 4) is 0 Å². The largest absolute Gasteiger partial charge is 0.398 e. The second-order valence-corrected chi connectivity index (χ2v) is 9.83. The molecule has 2 N–H and O–H groups in total. The summed E-state index contributed by atoms with van der Waals surface area (Å²) in [5, 5.41) is 0.265. The summed E-state index contributed by atoms with van der Waals surface area (Å²) in [4.78, 5) is -0.0256.